The highest BCUT2D eigenvalue weighted by molar-refractivity contribution is 5.85. The van der Waals surface area contributed by atoms with Gasteiger partial charge in [-0.25, -0.2) is 0 Å². The highest BCUT2D eigenvalue weighted by Gasteiger charge is 2.37. The van der Waals surface area contributed by atoms with Crippen LogP contribution in [0.1, 0.15) is 45.5 Å². The third kappa shape index (κ3) is 5.60. The largest absolute Gasteiger partial charge is 0.504 e. The molecule has 1 aliphatic carbocycles. The third-order valence-electron chi connectivity index (χ3n) is 10.7. The van der Waals surface area contributed by atoms with Crippen molar-refractivity contribution in [1.29, 1.82) is 0 Å². The quantitative estimate of drug-likeness (QED) is 0.194. The summed E-state index contributed by atoms with van der Waals surface area (Å²) in [6.07, 6.45) is 3.21. The van der Waals surface area contributed by atoms with Crippen LogP contribution in [0, 0.1) is 0 Å². The maximum Gasteiger partial charge on any atom is 0.169 e. The summed E-state index contributed by atoms with van der Waals surface area (Å²) in [6, 6.07) is 14.2. The van der Waals surface area contributed by atoms with E-state index in [0.717, 1.165) is 77.2 Å². The molecule has 10 nitrogen and oxygen atoms in total. The summed E-state index contributed by atoms with van der Waals surface area (Å²) in [7, 11) is 14.2. The Morgan fingerprint density at radius 2 is 1.26 bits per heavy atom. The number of rotatable bonds is 10. The van der Waals surface area contributed by atoms with Crippen molar-refractivity contribution in [3.05, 3.63) is 75.8 Å². The van der Waals surface area contributed by atoms with Crippen LogP contribution in [-0.2, 0) is 25.7 Å². The summed E-state index contributed by atoms with van der Waals surface area (Å²) in [5.74, 6) is 5.09. The van der Waals surface area contributed by atoms with Gasteiger partial charge in [-0.15, -0.1) is 0 Å². The third-order valence-corrected chi connectivity index (χ3v) is 10.7. The molecular formula is C40H46N2O8. The molecule has 2 atom stereocenters. The van der Waals surface area contributed by atoms with Gasteiger partial charge in [0.25, 0.3) is 0 Å². The molecule has 0 saturated carbocycles. The number of phenols is 1. The maximum absolute atomic E-state index is 10.5. The second-order valence-electron chi connectivity index (χ2n) is 13.3. The van der Waals surface area contributed by atoms with Crippen LogP contribution in [0.2, 0.25) is 0 Å². The van der Waals surface area contributed by atoms with E-state index in [1.165, 1.54) is 11.1 Å². The van der Waals surface area contributed by atoms with E-state index in [2.05, 4.69) is 42.1 Å². The number of hydrogen-bond donors (Lipinski definition) is 1. The van der Waals surface area contributed by atoms with Crippen molar-refractivity contribution in [2.75, 3.05) is 69.8 Å². The average molecular weight is 683 g/mol. The van der Waals surface area contributed by atoms with Crippen LogP contribution in [0.25, 0.3) is 11.1 Å². The lowest BCUT2D eigenvalue weighted by Crippen LogP contribution is -2.35. The number of phenolic OH excluding ortho intramolecular Hbond substituents is 1. The molecule has 2 unspecified atom stereocenters. The van der Waals surface area contributed by atoms with Gasteiger partial charge in [0.2, 0.25) is 0 Å². The lowest BCUT2D eigenvalue weighted by atomic mass is 9.76. The minimum absolute atomic E-state index is 0.00545. The molecule has 264 valence electrons. The molecule has 7 rings (SSSR count). The van der Waals surface area contributed by atoms with Crippen molar-refractivity contribution in [3.8, 4) is 62.9 Å². The van der Waals surface area contributed by atoms with Gasteiger partial charge >= 0.3 is 0 Å². The summed E-state index contributed by atoms with van der Waals surface area (Å²) in [5.41, 5.74) is 8.99. The topological polar surface area (TPSA) is 91.3 Å². The minimum Gasteiger partial charge on any atom is -0.504 e. The Morgan fingerprint density at radius 1 is 0.620 bits per heavy atom. The van der Waals surface area contributed by atoms with Crippen LogP contribution in [0.15, 0.2) is 42.5 Å². The fourth-order valence-electron chi connectivity index (χ4n) is 8.06. The van der Waals surface area contributed by atoms with Crippen molar-refractivity contribution >= 4 is 0 Å². The zero-order valence-corrected chi connectivity index (χ0v) is 30.1. The summed E-state index contributed by atoms with van der Waals surface area (Å²) in [6.45, 7) is 1.80. The average Bonchev–Trinajstić information content (AvgIpc) is 3.13. The van der Waals surface area contributed by atoms with E-state index < -0.39 is 0 Å². The summed E-state index contributed by atoms with van der Waals surface area (Å²) in [4.78, 5) is 4.75. The number of methoxy groups -OCH3 is 6. The van der Waals surface area contributed by atoms with Crippen molar-refractivity contribution in [2.24, 2.45) is 0 Å². The van der Waals surface area contributed by atoms with E-state index in [1.54, 1.807) is 42.7 Å². The van der Waals surface area contributed by atoms with E-state index in [4.69, 9.17) is 33.2 Å². The summed E-state index contributed by atoms with van der Waals surface area (Å²) < 4.78 is 41.8. The maximum atomic E-state index is 10.5. The predicted molar refractivity (Wildman–Crippen MR) is 191 cm³/mol. The van der Waals surface area contributed by atoms with Crippen molar-refractivity contribution < 1.29 is 38.3 Å². The summed E-state index contributed by atoms with van der Waals surface area (Å²) in [5, 5.41) is 10.5. The zero-order valence-electron chi connectivity index (χ0n) is 30.1. The van der Waals surface area contributed by atoms with Crippen LogP contribution in [0.4, 0.5) is 0 Å². The first kappa shape index (κ1) is 33.7. The molecule has 2 aliphatic heterocycles. The van der Waals surface area contributed by atoms with Crippen molar-refractivity contribution in [3.63, 3.8) is 0 Å². The molecule has 10 heteroatoms. The van der Waals surface area contributed by atoms with Gasteiger partial charge in [-0.1, -0.05) is 0 Å². The number of nitrogens with zero attached hydrogens (tertiary/aromatic N) is 2. The van der Waals surface area contributed by atoms with Gasteiger partial charge in [0, 0.05) is 42.4 Å². The van der Waals surface area contributed by atoms with E-state index in [-0.39, 0.29) is 17.8 Å². The molecule has 4 aromatic carbocycles. The van der Waals surface area contributed by atoms with Crippen LogP contribution in [-0.4, -0.2) is 84.7 Å². The number of likely N-dealkylation sites (N-methyl/N-ethyl adjacent to an activating group) is 2. The lowest BCUT2D eigenvalue weighted by Gasteiger charge is -2.40. The molecule has 0 bridgehead atoms. The highest BCUT2D eigenvalue weighted by Crippen LogP contribution is 2.54. The van der Waals surface area contributed by atoms with E-state index >= 15 is 0 Å². The van der Waals surface area contributed by atoms with Gasteiger partial charge in [0.05, 0.1) is 42.7 Å². The molecule has 0 fully saturated rings. The minimum atomic E-state index is -0.00545. The molecule has 4 aromatic rings. The van der Waals surface area contributed by atoms with Gasteiger partial charge in [-0.05, 0) is 110 Å². The van der Waals surface area contributed by atoms with Crippen LogP contribution < -0.4 is 33.2 Å². The molecular weight excluding hydrogens is 636 g/mol. The highest BCUT2D eigenvalue weighted by atomic mass is 16.5. The van der Waals surface area contributed by atoms with Gasteiger partial charge in [-0.3, -0.25) is 9.80 Å². The van der Waals surface area contributed by atoms with Crippen LogP contribution in [0.5, 0.6) is 51.7 Å². The van der Waals surface area contributed by atoms with Crippen LogP contribution in [0.3, 0.4) is 0 Å². The first-order valence-corrected chi connectivity index (χ1v) is 16.9. The number of ether oxygens (including phenoxy) is 7. The fourth-order valence-corrected chi connectivity index (χ4v) is 8.06. The number of aromatic hydroxyl groups is 1. The molecule has 0 aromatic heterocycles. The van der Waals surface area contributed by atoms with E-state index in [9.17, 15) is 5.11 Å². The van der Waals surface area contributed by atoms with Gasteiger partial charge in [-0.2, -0.15) is 0 Å². The molecule has 0 spiro atoms. The Hall–Kier alpha value is -4.80. The second kappa shape index (κ2) is 13.5. The molecule has 1 N–H and O–H groups in total. The second-order valence-corrected chi connectivity index (χ2v) is 13.3. The fraction of sp³-hybridized carbons (Fsp3) is 0.400. The predicted octanol–water partition coefficient (Wildman–Crippen LogP) is 6.76. The lowest BCUT2D eigenvalue weighted by molar-refractivity contribution is 0.226. The molecule has 0 amide bonds. The molecule has 0 saturated heterocycles. The normalized spacial score (nSPS) is 18.0. The smallest absolute Gasteiger partial charge is 0.169 e. The first-order valence-electron chi connectivity index (χ1n) is 16.9. The molecule has 3 aliphatic rings. The Morgan fingerprint density at radius 3 is 1.96 bits per heavy atom. The van der Waals surface area contributed by atoms with Crippen molar-refractivity contribution in [1.82, 2.24) is 9.80 Å². The zero-order chi connectivity index (χ0) is 35.3. The number of fused-ring (bicyclic) bond motifs is 3. The standard InChI is InChI=1S/C40H46N2O8/c1-41-11-9-22-15-30(43)32(44-3)19-26(22)28(41)14-25-18-33(45-4)35(47-6)21-31(25)50-36-17-24-13-29-38-23(10-12-42(29)2)16-37(48-7)40(49-8)39(38)27(24)20-34(36)46-5/h15-21,28-29,43H,9-14H2,1-8H3. The monoisotopic (exact) mass is 682 g/mol. The molecule has 2 heterocycles. The van der Waals surface area contributed by atoms with Gasteiger partial charge < -0.3 is 38.3 Å². The summed E-state index contributed by atoms with van der Waals surface area (Å²) >= 11 is 0. The number of benzene rings is 4. The number of hydrogen-bond acceptors (Lipinski definition) is 10. The Bertz CT molecular complexity index is 1940. The molecule has 0 radical (unpaired) electrons. The van der Waals surface area contributed by atoms with Crippen molar-refractivity contribution in [2.45, 2.75) is 37.8 Å². The molecule has 50 heavy (non-hydrogen) atoms. The Balaban J connectivity index is 1.34. The Labute approximate surface area is 294 Å². The first-order chi connectivity index (χ1) is 24.2. The van der Waals surface area contributed by atoms with Gasteiger partial charge in [0.15, 0.2) is 46.0 Å². The van der Waals surface area contributed by atoms with E-state index in [0.29, 0.717) is 40.9 Å². The van der Waals surface area contributed by atoms with Crippen LogP contribution >= 0.6 is 0 Å². The van der Waals surface area contributed by atoms with E-state index in [1.807, 2.05) is 24.3 Å². The Kier molecular flexibility index (Phi) is 9.09. The SMILES string of the molecule is COc1cc2c(cc1O)CCN(C)C2Cc1cc(OC)c(OC)cc1Oc1cc2c(cc1OC)-c1c(OC)c(OC)cc3c1C(C2)N(C)CC3. The van der Waals surface area contributed by atoms with Gasteiger partial charge in [0.1, 0.15) is 5.75 Å².